The summed E-state index contributed by atoms with van der Waals surface area (Å²) in [5.74, 6) is -0.176. The first-order chi connectivity index (χ1) is 14.2. The average molecular weight is 471 g/mol. The number of ether oxygens (including phenoxy) is 1. The van der Waals surface area contributed by atoms with E-state index in [9.17, 15) is 13.2 Å². The smallest absolute Gasteiger partial charge is 0.243 e. The van der Waals surface area contributed by atoms with Crippen LogP contribution in [0, 0.1) is 5.92 Å². The molecule has 2 aromatic carbocycles. The normalized spacial score (nSPS) is 18.6. The quantitative estimate of drug-likeness (QED) is 0.683. The molecule has 0 aromatic heterocycles. The topological polar surface area (TPSA) is 75.7 Å². The number of hydrogen-bond donors (Lipinski definition) is 1. The minimum absolute atomic E-state index is 0.0869. The minimum atomic E-state index is -3.76. The Labute approximate surface area is 187 Å². The molecule has 1 fully saturated rings. The maximum atomic E-state index is 13.1. The maximum absolute atomic E-state index is 13.1. The number of methoxy groups -OCH3 is 1. The van der Waals surface area contributed by atoms with Crippen LogP contribution in [0.5, 0.6) is 5.75 Å². The van der Waals surface area contributed by atoms with E-state index >= 15 is 0 Å². The Bertz CT molecular complexity index is 1010. The van der Waals surface area contributed by atoms with Gasteiger partial charge in [0.05, 0.1) is 29.0 Å². The average Bonchev–Trinajstić information content (AvgIpc) is 2.74. The van der Waals surface area contributed by atoms with Crippen molar-refractivity contribution in [3.63, 3.8) is 0 Å². The zero-order valence-electron chi connectivity index (χ0n) is 16.8. The number of carbonyl (C=O) groups is 1. The molecule has 162 valence electrons. The Balaban J connectivity index is 1.70. The number of benzene rings is 2. The third-order valence-corrected chi connectivity index (χ3v) is 7.65. The van der Waals surface area contributed by atoms with Crippen LogP contribution in [0.25, 0.3) is 0 Å². The molecule has 30 heavy (non-hydrogen) atoms. The molecule has 9 heteroatoms. The van der Waals surface area contributed by atoms with E-state index in [1.165, 1.54) is 29.6 Å². The van der Waals surface area contributed by atoms with Crippen molar-refractivity contribution in [2.24, 2.45) is 5.92 Å². The lowest BCUT2D eigenvalue weighted by molar-refractivity contribution is -0.126. The van der Waals surface area contributed by atoms with Crippen LogP contribution in [0.3, 0.4) is 0 Å². The van der Waals surface area contributed by atoms with Crippen molar-refractivity contribution >= 4 is 39.1 Å². The van der Waals surface area contributed by atoms with Gasteiger partial charge < -0.3 is 10.1 Å². The van der Waals surface area contributed by atoms with E-state index in [-0.39, 0.29) is 28.4 Å². The molecule has 0 spiro atoms. The molecule has 1 amide bonds. The molecule has 3 rings (SSSR count). The lowest BCUT2D eigenvalue weighted by Crippen LogP contribution is -2.45. The molecule has 6 nitrogen and oxygen atoms in total. The van der Waals surface area contributed by atoms with Gasteiger partial charge in [0, 0.05) is 18.1 Å². The van der Waals surface area contributed by atoms with E-state index in [1.807, 2.05) is 19.1 Å². The number of rotatable bonds is 6. The molecule has 1 heterocycles. The van der Waals surface area contributed by atoms with Gasteiger partial charge in [-0.3, -0.25) is 4.79 Å². The van der Waals surface area contributed by atoms with Crippen LogP contribution in [-0.4, -0.2) is 38.8 Å². The monoisotopic (exact) mass is 470 g/mol. The fourth-order valence-electron chi connectivity index (χ4n) is 3.50. The van der Waals surface area contributed by atoms with Gasteiger partial charge in [-0.1, -0.05) is 35.3 Å². The van der Waals surface area contributed by atoms with Crippen molar-refractivity contribution in [3.8, 4) is 5.75 Å². The molecule has 2 atom stereocenters. The van der Waals surface area contributed by atoms with Crippen LogP contribution >= 0.6 is 23.2 Å². The van der Waals surface area contributed by atoms with Crippen LogP contribution in [-0.2, 0) is 14.8 Å². The van der Waals surface area contributed by atoms with E-state index in [0.29, 0.717) is 30.2 Å². The van der Waals surface area contributed by atoms with Gasteiger partial charge in [0.15, 0.2) is 0 Å². The molecule has 0 radical (unpaired) electrons. The lowest BCUT2D eigenvalue weighted by atomic mass is 9.98. The summed E-state index contributed by atoms with van der Waals surface area (Å²) in [4.78, 5) is 12.9. The van der Waals surface area contributed by atoms with Gasteiger partial charge in [-0.25, -0.2) is 8.42 Å². The van der Waals surface area contributed by atoms with Gasteiger partial charge >= 0.3 is 0 Å². The van der Waals surface area contributed by atoms with Crippen molar-refractivity contribution in [1.29, 1.82) is 0 Å². The predicted molar refractivity (Wildman–Crippen MR) is 117 cm³/mol. The highest BCUT2D eigenvalue weighted by Crippen LogP contribution is 2.30. The minimum Gasteiger partial charge on any atom is -0.495 e. The van der Waals surface area contributed by atoms with Crippen molar-refractivity contribution in [1.82, 2.24) is 9.62 Å². The zero-order chi connectivity index (χ0) is 21.9. The number of carbonyl (C=O) groups excluding carboxylic acids is 1. The predicted octanol–water partition coefficient (Wildman–Crippen LogP) is 4.28. The van der Waals surface area contributed by atoms with Crippen molar-refractivity contribution < 1.29 is 17.9 Å². The van der Waals surface area contributed by atoms with Crippen LogP contribution < -0.4 is 10.1 Å². The number of amides is 1. The fourth-order valence-corrected chi connectivity index (χ4v) is 5.50. The van der Waals surface area contributed by atoms with Gasteiger partial charge in [0.1, 0.15) is 5.75 Å². The van der Waals surface area contributed by atoms with Crippen molar-refractivity contribution in [2.45, 2.75) is 30.7 Å². The summed E-state index contributed by atoms with van der Waals surface area (Å²) < 4.78 is 32.6. The highest BCUT2D eigenvalue weighted by atomic mass is 35.5. The second-order valence-corrected chi connectivity index (χ2v) is 10.1. The molecule has 1 aliphatic rings. The SMILES string of the molecule is COc1ccc(S(=O)(=O)N2CCC[C@@H](C(=O)N[C@@H](C)c3ccc(Cl)cc3)C2)cc1Cl. The number of nitrogens with one attached hydrogen (secondary N) is 1. The van der Waals surface area contributed by atoms with Crippen molar-refractivity contribution in [2.75, 3.05) is 20.2 Å². The Kier molecular flexibility index (Phi) is 7.29. The maximum Gasteiger partial charge on any atom is 0.243 e. The Morgan fingerprint density at radius 2 is 1.90 bits per heavy atom. The fraction of sp³-hybridized carbons (Fsp3) is 0.381. The number of piperidine rings is 1. The van der Waals surface area contributed by atoms with E-state index in [0.717, 1.165) is 5.56 Å². The van der Waals surface area contributed by atoms with Gasteiger partial charge in [0.25, 0.3) is 0 Å². The summed E-state index contributed by atoms with van der Waals surface area (Å²) >= 11 is 12.0. The van der Waals surface area contributed by atoms with Crippen LogP contribution in [0.1, 0.15) is 31.4 Å². The Morgan fingerprint density at radius 3 is 2.53 bits per heavy atom. The first-order valence-corrected chi connectivity index (χ1v) is 11.8. The third-order valence-electron chi connectivity index (χ3n) is 5.24. The molecular formula is C21H24Cl2N2O4S. The summed E-state index contributed by atoms with van der Waals surface area (Å²) in [5.41, 5.74) is 0.931. The van der Waals surface area contributed by atoms with E-state index < -0.39 is 15.9 Å². The van der Waals surface area contributed by atoms with E-state index in [4.69, 9.17) is 27.9 Å². The Hall–Kier alpha value is -1.80. The zero-order valence-corrected chi connectivity index (χ0v) is 19.1. The van der Waals surface area contributed by atoms with Gasteiger partial charge in [-0.05, 0) is 55.7 Å². The van der Waals surface area contributed by atoms with Gasteiger partial charge in [-0.2, -0.15) is 4.31 Å². The highest BCUT2D eigenvalue weighted by molar-refractivity contribution is 7.89. The highest BCUT2D eigenvalue weighted by Gasteiger charge is 2.34. The summed E-state index contributed by atoms with van der Waals surface area (Å²) in [6.45, 7) is 2.38. The summed E-state index contributed by atoms with van der Waals surface area (Å²) in [5, 5.41) is 3.83. The van der Waals surface area contributed by atoms with E-state index in [2.05, 4.69) is 5.32 Å². The number of nitrogens with zero attached hydrogens (tertiary/aromatic N) is 1. The number of sulfonamides is 1. The van der Waals surface area contributed by atoms with Crippen LogP contribution in [0.15, 0.2) is 47.4 Å². The molecule has 0 saturated carbocycles. The molecule has 0 aliphatic carbocycles. The largest absolute Gasteiger partial charge is 0.495 e. The first-order valence-electron chi connectivity index (χ1n) is 9.62. The standard InChI is InChI=1S/C21H24Cl2N2O4S/c1-14(15-5-7-17(22)8-6-15)24-21(26)16-4-3-11-25(13-16)30(27,28)18-9-10-20(29-2)19(23)12-18/h5-10,12,14,16H,3-4,11,13H2,1-2H3,(H,24,26)/t14-,16+/m0/s1. The van der Waals surface area contributed by atoms with E-state index in [1.54, 1.807) is 12.1 Å². The molecular weight excluding hydrogens is 447 g/mol. The van der Waals surface area contributed by atoms with Gasteiger partial charge in [-0.15, -0.1) is 0 Å². The van der Waals surface area contributed by atoms with Crippen molar-refractivity contribution in [3.05, 3.63) is 58.1 Å². The summed E-state index contributed by atoms with van der Waals surface area (Å²) in [6, 6.07) is 11.4. The first kappa shape index (κ1) is 22.9. The molecule has 0 unspecified atom stereocenters. The van der Waals surface area contributed by atoms with Crippen LogP contribution in [0.2, 0.25) is 10.0 Å². The van der Waals surface area contributed by atoms with Crippen LogP contribution in [0.4, 0.5) is 0 Å². The second kappa shape index (κ2) is 9.56. The number of halogens is 2. The summed E-state index contributed by atoms with van der Waals surface area (Å²) in [7, 11) is -2.30. The molecule has 1 N–H and O–H groups in total. The number of hydrogen-bond acceptors (Lipinski definition) is 4. The Morgan fingerprint density at radius 1 is 1.20 bits per heavy atom. The molecule has 1 saturated heterocycles. The third kappa shape index (κ3) is 5.09. The summed E-state index contributed by atoms with van der Waals surface area (Å²) in [6.07, 6.45) is 1.24. The van der Waals surface area contributed by atoms with Gasteiger partial charge in [0.2, 0.25) is 15.9 Å². The molecule has 1 aliphatic heterocycles. The molecule has 2 aromatic rings. The lowest BCUT2D eigenvalue weighted by Gasteiger charge is -2.32. The second-order valence-electron chi connectivity index (χ2n) is 7.28. The molecule has 0 bridgehead atoms.